The van der Waals surface area contributed by atoms with Gasteiger partial charge in [-0.3, -0.25) is 4.79 Å². The van der Waals surface area contributed by atoms with E-state index in [4.69, 9.17) is 21.3 Å². The maximum Gasteiger partial charge on any atom is 0.245 e. The molecule has 0 saturated carbocycles. The summed E-state index contributed by atoms with van der Waals surface area (Å²) >= 11 is 6.83. The van der Waals surface area contributed by atoms with Gasteiger partial charge in [0, 0.05) is 49.1 Å². The van der Waals surface area contributed by atoms with Gasteiger partial charge in [0.2, 0.25) is 5.91 Å². The second kappa shape index (κ2) is 7.85. The zero-order chi connectivity index (χ0) is 23.5. The highest BCUT2D eigenvalue weighted by molar-refractivity contribution is 6.34. The van der Waals surface area contributed by atoms with Gasteiger partial charge in [0.15, 0.2) is 0 Å². The smallest absolute Gasteiger partial charge is 0.245 e. The molecule has 5 rings (SSSR count). The van der Waals surface area contributed by atoms with Gasteiger partial charge in [-0.25, -0.2) is 4.98 Å². The Bertz CT molecular complexity index is 1150. The quantitative estimate of drug-likeness (QED) is 0.592. The van der Waals surface area contributed by atoms with Crippen LogP contribution in [0.15, 0.2) is 30.9 Å². The van der Waals surface area contributed by atoms with Crippen molar-refractivity contribution in [2.24, 2.45) is 5.41 Å². The molecule has 2 saturated heterocycles. The van der Waals surface area contributed by atoms with Gasteiger partial charge in [-0.1, -0.05) is 36.4 Å². The lowest BCUT2D eigenvalue weighted by Gasteiger charge is -2.47. The number of likely N-dealkylation sites (tertiary alicyclic amines) is 1. The molecule has 1 aromatic carbocycles. The molecule has 3 aliphatic rings. The number of halogens is 1. The summed E-state index contributed by atoms with van der Waals surface area (Å²) in [6.45, 7) is 16.1. The Morgan fingerprint density at radius 1 is 1.24 bits per heavy atom. The highest BCUT2D eigenvalue weighted by Gasteiger charge is 2.49. The van der Waals surface area contributed by atoms with E-state index < -0.39 is 0 Å². The van der Waals surface area contributed by atoms with Gasteiger partial charge in [-0.05, 0) is 56.9 Å². The topological polar surface area (TPSA) is 45.7 Å². The van der Waals surface area contributed by atoms with Crippen molar-refractivity contribution in [3.05, 3.63) is 58.3 Å². The van der Waals surface area contributed by atoms with Gasteiger partial charge in [0.05, 0.1) is 22.9 Å². The number of nitrogens with zero attached hydrogens (tertiary/aromatic N) is 3. The van der Waals surface area contributed by atoms with E-state index in [0.717, 1.165) is 83.4 Å². The van der Waals surface area contributed by atoms with Crippen molar-refractivity contribution < 1.29 is 9.53 Å². The highest BCUT2D eigenvalue weighted by atomic mass is 35.5. The molecule has 2 fully saturated rings. The third-order valence-corrected chi connectivity index (χ3v) is 8.04. The van der Waals surface area contributed by atoms with Crippen molar-refractivity contribution in [1.29, 1.82) is 0 Å². The van der Waals surface area contributed by atoms with Gasteiger partial charge in [-0.15, -0.1) is 0 Å². The molecule has 0 N–H and O–H groups in total. The number of pyridine rings is 1. The first kappa shape index (κ1) is 22.4. The molecule has 0 radical (unpaired) electrons. The molecule has 0 unspecified atom stereocenters. The Kier molecular flexibility index (Phi) is 5.33. The average molecular weight is 466 g/mol. The normalized spacial score (nSPS) is 20.5. The van der Waals surface area contributed by atoms with Crippen LogP contribution < -0.4 is 4.90 Å². The van der Waals surface area contributed by atoms with Gasteiger partial charge in [-0.2, -0.15) is 0 Å². The minimum absolute atomic E-state index is 0.0285. The number of aryl methyl sites for hydroxylation is 1. The van der Waals surface area contributed by atoms with E-state index in [0.29, 0.717) is 6.61 Å². The second-order valence-electron chi connectivity index (χ2n) is 10.6. The molecule has 6 heteroatoms. The molecule has 5 nitrogen and oxygen atoms in total. The summed E-state index contributed by atoms with van der Waals surface area (Å²) in [4.78, 5) is 21.5. The Morgan fingerprint density at radius 3 is 2.73 bits per heavy atom. The van der Waals surface area contributed by atoms with E-state index in [9.17, 15) is 4.79 Å². The number of hydrogen-bond donors (Lipinski definition) is 0. The standard InChI is InChI=1S/C27H32ClN3O2/c1-6-22(32)31-15-27(16-31)10-11-30(14-27)25-18(3)23(19-9-7-8-17(2)24(19)28)20-13-33-26(4,5)12-21(20)29-25/h6-9H,1,10-16H2,2-5H3. The largest absolute Gasteiger partial charge is 0.370 e. The van der Waals surface area contributed by atoms with Crippen molar-refractivity contribution >= 4 is 23.3 Å². The summed E-state index contributed by atoms with van der Waals surface area (Å²) < 4.78 is 6.21. The Balaban J connectivity index is 1.56. The zero-order valence-electron chi connectivity index (χ0n) is 20.0. The number of benzene rings is 1. The molecule has 4 heterocycles. The van der Waals surface area contributed by atoms with E-state index in [1.165, 1.54) is 6.08 Å². The molecule has 2 aromatic rings. The van der Waals surface area contributed by atoms with Crippen molar-refractivity contribution in [3.8, 4) is 11.1 Å². The first-order chi connectivity index (χ1) is 15.6. The highest BCUT2D eigenvalue weighted by Crippen LogP contribution is 2.46. The number of ether oxygens (including phenoxy) is 1. The molecular formula is C27H32ClN3O2. The van der Waals surface area contributed by atoms with E-state index in [1.807, 2.05) is 17.9 Å². The summed E-state index contributed by atoms with van der Waals surface area (Å²) in [6.07, 6.45) is 3.25. The number of anilines is 1. The molecule has 1 amide bonds. The average Bonchev–Trinajstić information content (AvgIpc) is 3.19. The Hall–Kier alpha value is -2.37. The predicted molar refractivity (Wildman–Crippen MR) is 133 cm³/mol. The minimum atomic E-state index is -0.244. The number of carbonyl (C=O) groups is 1. The Morgan fingerprint density at radius 2 is 2.00 bits per heavy atom. The van der Waals surface area contributed by atoms with Crippen molar-refractivity contribution in [2.45, 2.75) is 52.7 Å². The van der Waals surface area contributed by atoms with Crippen LogP contribution in [0.5, 0.6) is 0 Å². The zero-order valence-corrected chi connectivity index (χ0v) is 20.8. The van der Waals surface area contributed by atoms with Crippen LogP contribution in [0, 0.1) is 19.3 Å². The van der Waals surface area contributed by atoms with Crippen LogP contribution in [0.4, 0.5) is 5.82 Å². The van der Waals surface area contributed by atoms with Gasteiger partial charge < -0.3 is 14.5 Å². The number of hydrogen-bond acceptors (Lipinski definition) is 4. The lowest BCUT2D eigenvalue weighted by molar-refractivity contribution is -0.136. The lowest BCUT2D eigenvalue weighted by Crippen LogP contribution is -2.59. The molecule has 1 spiro atoms. The van der Waals surface area contributed by atoms with Crippen LogP contribution in [0.2, 0.25) is 5.02 Å². The first-order valence-corrected chi connectivity index (χ1v) is 12.1. The summed E-state index contributed by atoms with van der Waals surface area (Å²) in [6, 6.07) is 6.23. The van der Waals surface area contributed by atoms with E-state index in [2.05, 4.69) is 44.4 Å². The summed E-state index contributed by atoms with van der Waals surface area (Å²) in [5.41, 5.74) is 6.62. The van der Waals surface area contributed by atoms with E-state index >= 15 is 0 Å². The third kappa shape index (κ3) is 3.75. The van der Waals surface area contributed by atoms with Crippen LogP contribution in [0.1, 0.15) is 42.7 Å². The number of fused-ring (bicyclic) bond motifs is 1. The summed E-state index contributed by atoms with van der Waals surface area (Å²) in [5.74, 6) is 1.07. The second-order valence-corrected chi connectivity index (χ2v) is 11.0. The van der Waals surface area contributed by atoms with Crippen LogP contribution in [0.3, 0.4) is 0 Å². The molecule has 0 bridgehead atoms. The molecule has 3 aliphatic heterocycles. The molecule has 174 valence electrons. The predicted octanol–water partition coefficient (Wildman–Crippen LogP) is 5.09. The summed E-state index contributed by atoms with van der Waals surface area (Å²) in [5, 5.41) is 0.792. The van der Waals surface area contributed by atoms with E-state index in [-0.39, 0.29) is 16.9 Å². The van der Waals surface area contributed by atoms with Crippen molar-refractivity contribution in [1.82, 2.24) is 9.88 Å². The van der Waals surface area contributed by atoms with E-state index in [1.54, 1.807) is 0 Å². The van der Waals surface area contributed by atoms with Crippen LogP contribution >= 0.6 is 11.6 Å². The van der Waals surface area contributed by atoms with Gasteiger partial charge in [0.25, 0.3) is 0 Å². The maximum absolute atomic E-state index is 12.0. The van der Waals surface area contributed by atoms with Crippen molar-refractivity contribution in [2.75, 3.05) is 31.1 Å². The third-order valence-electron chi connectivity index (χ3n) is 7.54. The summed E-state index contributed by atoms with van der Waals surface area (Å²) in [7, 11) is 0. The van der Waals surface area contributed by atoms with Crippen molar-refractivity contribution in [3.63, 3.8) is 0 Å². The molecular weight excluding hydrogens is 434 g/mol. The van der Waals surface area contributed by atoms with Crippen LogP contribution in [0.25, 0.3) is 11.1 Å². The van der Waals surface area contributed by atoms with Crippen LogP contribution in [-0.2, 0) is 22.6 Å². The lowest BCUT2D eigenvalue weighted by atomic mass is 9.79. The number of amides is 1. The molecule has 1 aromatic heterocycles. The van der Waals surface area contributed by atoms with Gasteiger partial charge in [0.1, 0.15) is 5.82 Å². The SMILES string of the molecule is C=CC(=O)N1CC2(CCN(c3nc4c(c(-c5cccc(C)c5Cl)c3C)COC(C)(C)C4)C2)C1. The fraction of sp³-hybridized carbons (Fsp3) is 0.481. The fourth-order valence-electron chi connectivity index (χ4n) is 5.72. The monoisotopic (exact) mass is 465 g/mol. The first-order valence-electron chi connectivity index (χ1n) is 11.7. The maximum atomic E-state index is 12.0. The van der Waals surface area contributed by atoms with Gasteiger partial charge >= 0.3 is 0 Å². The molecule has 33 heavy (non-hydrogen) atoms. The van der Waals surface area contributed by atoms with Crippen LogP contribution in [-0.4, -0.2) is 47.6 Å². The Labute approximate surface area is 201 Å². The minimum Gasteiger partial charge on any atom is -0.370 e. The number of carbonyl (C=O) groups excluding carboxylic acids is 1. The molecule has 0 aliphatic carbocycles. The fourth-order valence-corrected chi connectivity index (χ4v) is 5.94. The molecule has 0 atom stereocenters. The number of aromatic nitrogens is 1. The number of rotatable bonds is 3.